The molecule has 0 aliphatic heterocycles. The van der Waals surface area contributed by atoms with Gasteiger partial charge in [-0.3, -0.25) is 0 Å². The van der Waals surface area contributed by atoms with Gasteiger partial charge in [-0.1, -0.05) is 6.07 Å². The minimum Gasteiger partial charge on any atom is -0.354 e. The first-order chi connectivity index (χ1) is 11.4. The fourth-order valence-corrected chi connectivity index (χ4v) is 2.37. The summed E-state index contributed by atoms with van der Waals surface area (Å²) in [6.07, 6.45) is -2.70. The van der Waals surface area contributed by atoms with Crippen LogP contribution < -0.4 is 10.6 Å². The van der Waals surface area contributed by atoms with Crippen LogP contribution in [-0.2, 0) is 6.18 Å². The van der Waals surface area contributed by atoms with E-state index in [0.29, 0.717) is 12.5 Å². The molecular weight excluding hydrogens is 324 g/mol. The summed E-state index contributed by atoms with van der Waals surface area (Å²) in [5, 5.41) is 5.42. The lowest BCUT2D eigenvalue weighted by atomic mass is 10.1. The fraction of sp³-hybridized carbons (Fsp3) is 0.375. The van der Waals surface area contributed by atoms with Crippen molar-refractivity contribution in [2.45, 2.75) is 31.9 Å². The zero-order chi connectivity index (χ0) is 17.3. The van der Waals surface area contributed by atoms with Gasteiger partial charge in [-0.15, -0.1) is 0 Å². The highest BCUT2D eigenvalue weighted by Crippen LogP contribution is 2.41. The van der Waals surface area contributed by atoms with Gasteiger partial charge in [0, 0.05) is 18.5 Å². The zero-order valence-electron chi connectivity index (χ0n) is 12.9. The first-order valence-electron chi connectivity index (χ1n) is 7.64. The second kappa shape index (κ2) is 6.26. The van der Waals surface area contributed by atoms with Crippen LogP contribution in [0.1, 0.15) is 36.9 Å². The summed E-state index contributed by atoms with van der Waals surface area (Å²) in [5.41, 5.74) is -0.958. The Hall–Kier alpha value is -2.38. The molecule has 128 valence electrons. The highest BCUT2D eigenvalue weighted by Gasteiger charge is 2.35. The average molecular weight is 340 g/mol. The molecule has 2 N–H and O–H groups in total. The van der Waals surface area contributed by atoms with Crippen LogP contribution in [0.15, 0.2) is 24.3 Å². The average Bonchev–Trinajstić information content (AvgIpc) is 3.33. The van der Waals surface area contributed by atoms with Crippen LogP contribution in [0.3, 0.4) is 0 Å². The van der Waals surface area contributed by atoms with Crippen molar-refractivity contribution in [1.29, 1.82) is 0 Å². The van der Waals surface area contributed by atoms with Gasteiger partial charge in [0.15, 0.2) is 0 Å². The monoisotopic (exact) mass is 340 g/mol. The Labute approximate surface area is 136 Å². The molecule has 1 aliphatic carbocycles. The quantitative estimate of drug-likeness (QED) is 0.776. The van der Waals surface area contributed by atoms with Crippen molar-refractivity contribution in [3.63, 3.8) is 0 Å². The van der Waals surface area contributed by atoms with Gasteiger partial charge in [0.1, 0.15) is 11.6 Å². The van der Waals surface area contributed by atoms with Crippen LogP contribution in [0, 0.1) is 5.82 Å². The maximum absolute atomic E-state index is 14.0. The Kier molecular flexibility index (Phi) is 4.29. The molecule has 0 bridgehead atoms. The third-order valence-electron chi connectivity index (χ3n) is 3.65. The topological polar surface area (TPSA) is 49.8 Å². The number of rotatable bonds is 5. The lowest BCUT2D eigenvalue weighted by molar-refractivity contribution is -0.137. The Morgan fingerprint density at radius 1 is 1.21 bits per heavy atom. The standard InChI is InChI=1S/C16H16F4N4/c1-2-21-15-22-12(9-6-7-9)8-13(24-15)23-14-10(16(18,19)20)4-3-5-11(14)17/h3-5,8-9H,2,6-7H2,1H3,(H2,21,22,23,24). The van der Waals surface area contributed by atoms with Gasteiger partial charge in [-0.25, -0.2) is 9.37 Å². The van der Waals surface area contributed by atoms with Crippen molar-refractivity contribution in [1.82, 2.24) is 9.97 Å². The number of nitrogens with one attached hydrogen (secondary N) is 2. The Balaban J connectivity index is 1.99. The third kappa shape index (κ3) is 3.58. The summed E-state index contributed by atoms with van der Waals surface area (Å²) in [6, 6.07) is 4.42. The fourth-order valence-electron chi connectivity index (χ4n) is 2.37. The van der Waals surface area contributed by atoms with Crippen molar-refractivity contribution >= 4 is 17.5 Å². The molecule has 1 fully saturated rings. The number of benzene rings is 1. The molecule has 3 rings (SSSR count). The van der Waals surface area contributed by atoms with E-state index in [1.807, 2.05) is 6.92 Å². The molecule has 0 radical (unpaired) electrons. The van der Waals surface area contributed by atoms with Crippen LogP contribution in [0.4, 0.5) is 35.0 Å². The Bertz CT molecular complexity index is 741. The number of hydrogen-bond acceptors (Lipinski definition) is 4. The highest BCUT2D eigenvalue weighted by atomic mass is 19.4. The van der Waals surface area contributed by atoms with E-state index >= 15 is 0 Å². The van der Waals surface area contributed by atoms with Crippen molar-refractivity contribution in [2.24, 2.45) is 0 Å². The molecule has 8 heteroatoms. The van der Waals surface area contributed by atoms with Gasteiger partial charge in [-0.05, 0) is 31.9 Å². The van der Waals surface area contributed by atoms with Gasteiger partial charge in [0.2, 0.25) is 5.95 Å². The molecule has 24 heavy (non-hydrogen) atoms. The largest absolute Gasteiger partial charge is 0.418 e. The number of nitrogens with zero attached hydrogens (tertiary/aromatic N) is 2. The number of aromatic nitrogens is 2. The van der Waals surface area contributed by atoms with Crippen LogP contribution in [0.25, 0.3) is 0 Å². The molecule has 0 amide bonds. The minimum absolute atomic E-state index is 0.137. The molecule has 0 saturated heterocycles. The van der Waals surface area contributed by atoms with Crippen molar-refractivity contribution < 1.29 is 17.6 Å². The van der Waals surface area contributed by atoms with Gasteiger partial charge in [0.05, 0.1) is 16.9 Å². The lowest BCUT2D eigenvalue weighted by Crippen LogP contribution is -2.12. The van der Waals surface area contributed by atoms with Gasteiger partial charge < -0.3 is 10.6 Å². The molecular formula is C16H16F4N4. The van der Waals surface area contributed by atoms with E-state index in [2.05, 4.69) is 20.6 Å². The first-order valence-corrected chi connectivity index (χ1v) is 7.64. The molecule has 1 saturated carbocycles. The number of para-hydroxylation sites is 1. The first kappa shape index (κ1) is 16.5. The smallest absolute Gasteiger partial charge is 0.354 e. The molecule has 0 spiro atoms. The van der Waals surface area contributed by atoms with E-state index in [1.165, 1.54) is 0 Å². The molecule has 1 aromatic carbocycles. The second-order valence-corrected chi connectivity index (χ2v) is 5.59. The second-order valence-electron chi connectivity index (χ2n) is 5.59. The molecule has 4 nitrogen and oxygen atoms in total. The molecule has 1 aliphatic rings. The molecule has 0 atom stereocenters. The summed E-state index contributed by atoms with van der Waals surface area (Å²) in [5.74, 6) is -0.247. The lowest BCUT2D eigenvalue weighted by Gasteiger charge is -2.16. The summed E-state index contributed by atoms with van der Waals surface area (Å²) in [7, 11) is 0. The van der Waals surface area contributed by atoms with Gasteiger partial charge >= 0.3 is 6.18 Å². The van der Waals surface area contributed by atoms with E-state index in [0.717, 1.165) is 36.7 Å². The zero-order valence-corrected chi connectivity index (χ0v) is 12.9. The molecule has 2 aromatic rings. The van der Waals surface area contributed by atoms with Crippen LogP contribution in [-0.4, -0.2) is 16.5 Å². The molecule has 1 aromatic heterocycles. The van der Waals surface area contributed by atoms with Crippen LogP contribution >= 0.6 is 0 Å². The van der Waals surface area contributed by atoms with E-state index in [1.54, 1.807) is 6.07 Å². The number of alkyl halides is 3. The SMILES string of the molecule is CCNc1nc(Nc2c(F)cccc2C(F)(F)F)cc(C2CC2)n1. The number of anilines is 3. The molecule has 1 heterocycles. The maximum Gasteiger partial charge on any atom is 0.418 e. The number of halogens is 4. The highest BCUT2D eigenvalue weighted by molar-refractivity contribution is 5.63. The van der Waals surface area contributed by atoms with Crippen LogP contribution in [0.5, 0.6) is 0 Å². The summed E-state index contributed by atoms with van der Waals surface area (Å²) in [4.78, 5) is 8.47. The Morgan fingerprint density at radius 3 is 2.58 bits per heavy atom. The van der Waals surface area contributed by atoms with Crippen molar-refractivity contribution in [2.75, 3.05) is 17.2 Å². The third-order valence-corrected chi connectivity index (χ3v) is 3.65. The number of hydrogen-bond donors (Lipinski definition) is 2. The molecule has 0 unspecified atom stereocenters. The minimum atomic E-state index is -4.67. The predicted molar refractivity (Wildman–Crippen MR) is 82.9 cm³/mol. The van der Waals surface area contributed by atoms with Gasteiger partial charge in [-0.2, -0.15) is 18.2 Å². The van der Waals surface area contributed by atoms with Crippen LogP contribution in [0.2, 0.25) is 0 Å². The summed E-state index contributed by atoms with van der Waals surface area (Å²) in [6.45, 7) is 2.43. The normalized spacial score (nSPS) is 14.5. The predicted octanol–water partition coefficient (Wildman–Crippen LogP) is 4.69. The van der Waals surface area contributed by atoms with E-state index in [9.17, 15) is 17.6 Å². The van der Waals surface area contributed by atoms with Crippen molar-refractivity contribution in [3.05, 3.63) is 41.3 Å². The van der Waals surface area contributed by atoms with E-state index < -0.39 is 23.2 Å². The maximum atomic E-state index is 14.0. The van der Waals surface area contributed by atoms with Gasteiger partial charge in [0.25, 0.3) is 0 Å². The van der Waals surface area contributed by atoms with Crippen molar-refractivity contribution in [3.8, 4) is 0 Å². The van der Waals surface area contributed by atoms with E-state index in [4.69, 9.17) is 0 Å². The van der Waals surface area contributed by atoms with E-state index in [-0.39, 0.29) is 11.7 Å². The Morgan fingerprint density at radius 2 is 1.96 bits per heavy atom. The summed E-state index contributed by atoms with van der Waals surface area (Å²) >= 11 is 0. The summed E-state index contributed by atoms with van der Waals surface area (Å²) < 4.78 is 53.3.